The molecule has 0 amide bonds. The molecule has 0 saturated carbocycles. The summed E-state index contributed by atoms with van der Waals surface area (Å²) in [6, 6.07) is 2.30. The second kappa shape index (κ2) is 6.85. The van der Waals surface area contributed by atoms with E-state index in [0.717, 1.165) is 11.8 Å². The van der Waals surface area contributed by atoms with Crippen molar-refractivity contribution in [2.45, 2.75) is 6.61 Å². The summed E-state index contributed by atoms with van der Waals surface area (Å²) in [6.45, 7) is 3.62. The van der Waals surface area contributed by atoms with Crippen LogP contribution in [0.4, 0.5) is 4.39 Å². The number of nitrogens with one attached hydrogen (secondary N) is 1. The minimum absolute atomic E-state index is 0.0369. The van der Waals surface area contributed by atoms with Gasteiger partial charge in [0.2, 0.25) is 0 Å². The number of imidazole rings is 1. The van der Waals surface area contributed by atoms with Crippen LogP contribution in [0.1, 0.15) is 21.9 Å². The summed E-state index contributed by atoms with van der Waals surface area (Å²) in [7, 11) is 0. The predicted octanol–water partition coefficient (Wildman–Crippen LogP) is 3.79. The quantitative estimate of drug-likeness (QED) is 0.652. The van der Waals surface area contributed by atoms with Gasteiger partial charge in [-0.2, -0.15) is 0 Å². The van der Waals surface area contributed by atoms with Gasteiger partial charge >= 0.3 is 0 Å². The monoisotopic (exact) mass is 306 g/mol. The molecule has 0 unspecified atom stereocenters. The first-order valence-corrected chi connectivity index (χ1v) is 6.42. The topological polar surface area (TPSA) is 55.0 Å². The molecule has 1 aromatic heterocycles. The van der Waals surface area contributed by atoms with Gasteiger partial charge in [0.25, 0.3) is 0 Å². The number of benzene rings is 1. The maximum atomic E-state index is 13.7. The van der Waals surface area contributed by atoms with Gasteiger partial charge in [-0.1, -0.05) is 30.3 Å². The summed E-state index contributed by atoms with van der Waals surface area (Å²) in [6.07, 6.45) is 7.30. The van der Waals surface area contributed by atoms with Gasteiger partial charge in [-0.15, -0.1) is 0 Å². The number of aromatic nitrogens is 2. The fraction of sp³-hybridized carbons (Fsp3) is 0.0667. The summed E-state index contributed by atoms with van der Waals surface area (Å²) in [5, 5.41) is 0.135. The average molecular weight is 307 g/mol. The Bertz CT molecular complexity index is 695. The lowest BCUT2D eigenvalue weighted by atomic mass is 10.2. The van der Waals surface area contributed by atoms with Crippen molar-refractivity contribution in [1.29, 1.82) is 0 Å². The Morgan fingerprint density at radius 2 is 2.29 bits per heavy atom. The minimum Gasteiger partial charge on any atom is -0.483 e. The number of halogens is 2. The summed E-state index contributed by atoms with van der Waals surface area (Å²) >= 11 is 5.82. The predicted molar refractivity (Wildman–Crippen MR) is 78.9 cm³/mol. The second-order valence-electron chi connectivity index (χ2n) is 4.09. The third-order valence-electron chi connectivity index (χ3n) is 2.60. The molecule has 0 radical (unpaired) electrons. The number of aromatic amines is 1. The molecule has 1 N–H and O–H groups in total. The number of aldehydes is 1. The van der Waals surface area contributed by atoms with Gasteiger partial charge < -0.3 is 9.72 Å². The van der Waals surface area contributed by atoms with Crippen molar-refractivity contribution < 1.29 is 13.9 Å². The zero-order valence-electron chi connectivity index (χ0n) is 11.0. The minimum atomic E-state index is -0.653. The largest absolute Gasteiger partial charge is 0.483 e. The van der Waals surface area contributed by atoms with E-state index >= 15 is 0 Å². The lowest BCUT2D eigenvalue weighted by molar-refractivity contribution is 0.112. The Morgan fingerprint density at radius 3 is 3.00 bits per heavy atom. The Labute approximate surface area is 125 Å². The van der Waals surface area contributed by atoms with Gasteiger partial charge in [0, 0.05) is 11.6 Å². The smallest absolute Gasteiger partial charge is 0.165 e. The van der Waals surface area contributed by atoms with Crippen molar-refractivity contribution in [1.82, 2.24) is 9.97 Å². The third-order valence-corrected chi connectivity index (χ3v) is 2.93. The fourth-order valence-corrected chi connectivity index (χ4v) is 1.80. The van der Waals surface area contributed by atoms with E-state index in [1.54, 1.807) is 24.4 Å². The zero-order valence-corrected chi connectivity index (χ0v) is 11.7. The molecule has 0 spiro atoms. The van der Waals surface area contributed by atoms with E-state index in [0.29, 0.717) is 12.1 Å². The first-order chi connectivity index (χ1) is 10.1. The number of nitrogens with zero attached hydrogens (tertiary/aromatic N) is 1. The van der Waals surface area contributed by atoms with Crippen LogP contribution in [-0.4, -0.2) is 16.3 Å². The molecule has 0 aliphatic carbocycles. The molecular formula is C15H12ClFN2O2. The standard InChI is InChI=1S/C15H12ClFN2O2/c1-2-3-4-11-7-18-15(19-11)9-21-14-6-12(16)10(8-20)5-13(14)17/h2-8H,1,9H2,(H,18,19)/b4-3-. The molecule has 6 heteroatoms. The molecular weight excluding hydrogens is 295 g/mol. The average Bonchev–Trinajstić information content (AvgIpc) is 2.93. The number of hydrogen-bond acceptors (Lipinski definition) is 3. The summed E-state index contributed by atoms with van der Waals surface area (Å²) < 4.78 is 19.0. The molecule has 0 aliphatic rings. The Kier molecular flexibility index (Phi) is 4.90. The molecule has 0 bridgehead atoms. The Morgan fingerprint density at radius 1 is 1.48 bits per heavy atom. The van der Waals surface area contributed by atoms with Crippen LogP contribution in [0.25, 0.3) is 6.08 Å². The molecule has 2 aromatic rings. The molecule has 21 heavy (non-hydrogen) atoms. The van der Waals surface area contributed by atoms with E-state index in [4.69, 9.17) is 16.3 Å². The van der Waals surface area contributed by atoms with Crippen molar-refractivity contribution >= 4 is 24.0 Å². The zero-order chi connectivity index (χ0) is 15.2. The molecule has 0 saturated heterocycles. The summed E-state index contributed by atoms with van der Waals surface area (Å²) in [4.78, 5) is 17.7. The molecule has 1 heterocycles. The second-order valence-corrected chi connectivity index (χ2v) is 4.50. The van der Waals surface area contributed by atoms with Crippen LogP contribution in [0.3, 0.4) is 0 Å². The Hall–Kier alpha value is -2.40. The SMILES string of the molecule is C=C/C=C\c1cnc(COc2cc(Cl)c(C=O)cc2F)[nH]1. The van der Waals surface area contributed by atoms with Crippen molar-refractivity contribution in [2.24, 2.45) is 0 Å². The maximum absolute atomic E-state index is 13.7. The van der Waals surface area contributed by atoms with E-state index in [1.165, 1.54) is 6.07 Å². The van der Waals surface area contributed by atoms with Crippen molar-refractivity contribution in [3.8, 4) is 5.75 Å². The first-order valence-electron chi connectivity index (χ1n) is 6.04. The molecule has 108 valence electrons. The van der Waals surface area contributed by atoms with Crippen molar-refractivity contribution in [3.05, 3.63) is 65.0 Å². The molecule has 0 aliphatic heterocycles. The normalized spacial score (nSPS) is 10.8. The van der Waals surface area contributed by atoms with E-state index in [9.17, 15) is 9.18 Å². The van der Waals surface area contributed by atoms with Crippen LogP contribution >= 0.6 is 11.6 Å². The lowest BCUT2D eigenvalue weighted by Gasteiger charge is -2.07. The highest BCUT2D eigenvalue weighted by atomic mass is 35.5. The van der Waals surface area contributed by atoms with E-state index in [2.05, 4.69) is 16.5 Å². The lowest BCUT2D eigenvalue weighted by Crippen LogP contribution is -2.00. The van der Waals surface area contributed by atoms with E-state index < -0.39 is 5.82 Å². The van der Waals surface area contributed by atoms with Gasteiger partial charge in [0.15, 0.2) is 17.9 Å². The van der Waals surface area contributed by atoms with Gasteiger partial charge in [0.1, 0.15) is 12.4 Å². The summed E-state index contributed by atoms with van der Waals surface area (Å²) in [5.74, 6) is -0.154. The Balaban J connectivity index is 2.07. The number of ether oxygens (including phenoxy) is 1. The molecule has 4 nitrogen and oxygen atoms in total. The fourth-order valence-electron chi connectivity index (χ4n) is 1.60. The number of carbonyl (C=O) groups is 1. The van der Waals surface area contributed by atoms with Crippen LogP contribution < -0.4 is 4.74 Å². The van der Waals surface area contributed by atoms with Crippen LogP contribution in [0.5, 0.6) is 5.75 Å². The summed E-state index contributed by atoms with van der Waals surface area (Å²) in [5.41, 5.74) is 0.861. The van der Waals surface area contributed by atoms with Crippen LogP contribution in [0.2, 0.25) is 5.02 Å². The van der Waals surface area contributed by atoms with Crippen LogP contribution in [-0.2, 0) is 6.61 Å². The molecule has 1 aromatic carbocycles. The van der Waals surface area contributed by atoms with Crippen molar-refractivity contribution in [3.63, 3.8) is 0 Å². The van der Waals surface area contributed by atoms with E-state index in [-0.39, 0.29) is 22.9 Å². The number of allylic oxidation sites excluding steroid dienone is 2. The van der Waals surface area contributed by atoms with Crippen LogP contribution in [0.15, 0.2) is 37.1 Å². The van der Waals surface area contributed by atoms with Gasteiger partial charge in [0.05, 0.1) is 16.9 Å². The van der Waals surface area contributed by atoms with Gasteiger partial charge in [-0.25, -0.2) is 9.37 Å². The molecule has 0 fully saturated rings. The van der Waals surface area contributed by atoms with Crippen LogP contribution in [0, 0.1) is 5.82 Å². The van der Waals surface area contributed by atoms with Crippen molar-refractivity contribution in [2.75, 3.05) is 0 Å². The first kappa shape index (κ1) is 15.0. The number of carbonyl (C=O) groups excluding carboxylic acids is 1. The molecule has 0 atom stereocenters. The number of hydrogen-bond donors (Lipinski definition) is 1. The number of rotatable bonds is 6. The number of H-pyrrole nitrogens is 1. The highest BCUT2D eigenvalue weighted by Gasteiger charge is 2.10. The third kappa shape index (κ3) is 3.79. The van der Waals surface area contributed by atoms with Gasteiger partial charge in [-0.05, 0) is 12.1 Å². The van der Waals surface area contributed by atoms with E-state index in [1.807, 2.05) is 0 Å². The highest BCUT2D eigenvalue weighted by Crippen LogP contribution is 2.25. The van der Waals surface area contributed by atoms with Gasteiger partial charge in [-0.3, -0.25) is 4.79 Å². The maximum Gasteiger partial charge on any atom is 0.165 e. The molecule has 2 rings (SSSR count). The highest BCUT2D eigenvalue weighted by molar-refractivity contribution is 6.33.